The zero-order chi connectivity index (χ0) is 19.9. The van der Waals surface area contributed by atoms with E-state index in [4.69, 9.17) is 27.9 Å². The van der Waals surface area contributed by atoms with E-state index >= 15 is 0 Å². The summed E-state index contributed by atoms with van der Waals surface area (Å²) >= 11 is 13.8. The SMILES string of the molecule is COc1ccc(C(=O)NCc2ccc(Cl)cc2Cl)cc1CSc1ccccc1. The van der Waals surface area contributed by atoms with E-state index in [-0.39, 0.29) is 5.91 Å². The molecule has 0 fully saturated rings. The fraction of sp³-hybridized carbons (Fsp3) is 0.136. The molecule has 0 saturated heterocycles. The highest BCUT2D eigenvalue weighted by Crippen LogP contribution is 2.29. The molecule has 1 N–H and O–H groups in total. The molecular formula is C22H19Cl2NO2S. The van der Waals surface area contributed by atoms with Gasteiger partial charge in [-0.15, -0.1) is 11.8 Å². The van der Waals surface area contributed by atoms with E-state index in [9.17, 15) is 4.79 Å². The molecule has 0 bridgehead atoms. The van der Waals surface area contributed by atoms with E-state index < -0.39 is 0 Å². The highest BCUT2D eigenvalue weighted by molar-refractivity contribution is 7.98. The quantitative estimate of drug-likeness (QED) is 0.450. The van der Waals surface area contributed by atoms with Crippen LogP contribution in [0.1, 0.15) is 21.5 Å². The number of carbonyl (C=O) groups is 1. The number of amides is 1. The molecule has 0 unspecified atom stereocenters. The third kappa shape index (κ3) is 5.44. The van der Waals surface area contributed by atoms with Gasteiger partial charge in [-0.25, -0.2) is 0 Å². The van der Waals surface area contributed by atoms with Crippen molar-refractivity contribution in [2.24, 2.45) is 0 Å². The first-order valence-corrected chi connectivity index (χ1v) is 10.4. The zero-order valence-corrected chi connectivity index (χ0v) is 17.6. The van der Waals surface area contributed by atoms with Crippen LogP contribution in [0.15, 0.2) is 71.6 Å². The normalized spacial score (nSPS) is 10.5. The Bertz CT molecular complexity index is 964. The van der Waals surface area contributed by atoms with Gasteiger partial charge in [-0.2, -0.15) is 0 Å². The molecule has 28 heavy (non-hydrogen) atoms. The Labute approximate surface area is 179 Å². The average molecular weight is 432 g/mol. The topological polar surface area (TPSA) is 38.3 Å². The summed E-state index contributed by atoms with van der Waals surface area (Å²) in [5.41, 5.74) is 2.36. The van der Waals surface area contributed by atoms with Crippen molar-refractivity contribution in [1.82, 2.24) is 5.32 Å². The zero-order valence-electron chi connectivity index (χ0n) is 15.2. The minimum atomic E-state index is -0.167. The van der Waals surface area contributed by atoms with E-state index in [0.717, 1.165) is 21.8 Å². The van der Waals surface area contributed by atoms with Gasteiger partial charge in [0.15, 0.2) is 0 Å². The molecule has 3 nitrogen and oxygen atoms in total. The van der Waals surface area contributed by atoms with E-state index in [1.165, 1.54) is 0 Å². The number of halogens is 2. The molecule has 0 aliphatic heterocycles. The van der Waals surface area contributed by atoms with Gasteiger partial charge in [-0.05, 0) is 48.0 Å². The molecule has 0 atom stereocenters. The molecule has 0 saturated carbocycles. The van der Waals surface area contributed by atoms with Crippen LogP contribution in [0.2, 0.25) is 10.0 Å². The average Bonchev–Trinajstić information content (AvgIpc) is 2.72. The van der Waals surface area contributed by atoms with Gasteiger partial charge in [0.2, 0.25) is 0 Å². The summed E-state index contributed by atoms with van der Waals surface area (Å²) in [5, 5.41) is 4.00. The number of benzene rings is 3. The van der Waals surface area contributed by atoms with Gasteiger partial charge < -0.3 is 10.1 Å². The molecule has 3 rings (SSSR count). The Morgan fingerprint density at radius 2 is 1.79 bits per heavy atom. The molecule has 0 aromatic heterocycles. The second-order valence-corrected chi connectivity index (χ2v) is 7.94. The molecule has 144 valence electrons. The molecule has 0 aliphatic rings. The lowest BCUT2D eigenvalue weighted by Crippen LogP contribution is -2.23. The summed E-state index contributed by atoms with van der Waals surface area (Å²) in [6, 6.07) is 20.8. The van der Waals surface area contributed by atoms with Gasteiger partial charge in [-0.3, -0.25) is 4.79 Å². The molecule has 6 heteroatoms. The van der Waals surface area contributed by atoms with Crippen LogP contribution in [0.25, 0.3) is 0 Å². The van der Waals surface area contributed by atoms with E-state index in [2.05, 4.69) is 17.4 Å². The van der Waals surface area contributed by atoms with Crippen LogP contribution >= 0.6 is 35.0 Å². The highest BCUT2D eigenvalue weighted by atomic mass is 35.5. The third-order valence-corrected chi connectivity index (χ3v) is 5.78. The van der Waals surface area contributed by atoms with E-state index in [1.54, 1.807) is 43.1 Å². The minimum Gasteiger partial charge on any atom is -0.496 e. The van der Waals surface area contributed by atoms with Crippen LogP contribution in [0.5, 0.6) is 5.75 Å². The number of ether oxygens (including phenoxy) is 1. The number of methoxy groups -OCH3 is 1. The van der Waals surface area contributed by atoms with Gasteiger partial charge in [0.1, 0.15) is 5.75 Å². The molecule has 3 aromatic rings. The number of nitrogens with one attached hydrogen (secondary N) is 1. The van der Waals surface area contributed by atoms with Crippen molar-refractivity contribution < 1.29 is 9.53 Å². The van der Waals surface area contributed by atoms with E-state index in [1.807, 2.05) is 30.3 Å². The fourth-order valence-electron chi connectivity index (χ4n) is 2.65. The smallest absolute Gasteiger partial charge is 0.251 e. The predicted molar refractivity (Wildman–Crippen MR) is 117 cm³/mol. The first kappa shape index (κ1) is 20.6. The van der Waals surface area contributed by atoms with Crippen molar-refractivity contribution in [2.75, 3.05) is 7.11 Å². The molecule has 0 radical (unpaired) electrons. The van der Waals surface area contributed by atoms with Crippen LogP contribution in [-0.4, -0.2) is 13.0 Å². The van der Waals surface area contributed by atoms with Crippen LogP contribution in [0.4, 0.5) is 0 Å². The summed E-state index contributed by atoms with van der Waals surface area (Å²) in [7, 11) is 1.63. The maximum absolute atomic E-state index is 12.6. The van der Waals surface area contributed by atoms with E-state index in [0.29, 0.717) is 27.9 Å². The van der Waals surface area contributed by atoms with Crippen molar-refractivity contribution >= 4 is 40.9 Å². The fourth-order valence-corrected chi connectivity index (χ4v) is 4.03. The second-order valence-electron chi connectivity index (χ2n) is 6.05. The van der Waals surface area contributed by atoms with Crippen LogP contribution in [-0.2, 0) is 12.3 Å². The van der Waals surface area contributed by atoms with Gasteiger partial charge in [0.05, 0.1) is 7.11 Å². The number of carbonyl (C=O) groups excluding carboxylic acids is 1. The summed E-state index contributed by atoms with van der Waals surface area (Å²) in [5.74, 6) is 1.30. The van der Waals surface area contributed by atoms with Crippen LogP contribution in [0.3, 0.4) is 0 Å². The van der Waals surface area contributed by atoms with Gasteiger partial charge >= 0.3 is 0 Å². The first-order valence-electron chi connectivity index (χ1n) is 8.63. The maximum Gasteiger partial charge on any atom is 0.251 e. The highest BCUT2D eigenvalue weighted by Gasteiger charge is 2.11. The molecule has 0 heterocycles. The lowest BCUT2D eigenvalue weighted by atomic mass is 10.1. The Kier molecular flexibility index (Phi) is 7.26. The number of hydrogen-bond donors (Lipinski definition) is 1. The van der Waals surface area contributed by atoms with Crippen molar-refractivity contribution in [2.45, 2.75) is 17.2 Å². The molecule has 0 aliphatic carbocycles. The van der Waals surface area contributed by atoms with Gasteiger partial charge in [0.25, 0.3) is 5.91 Å². The molecule has 3 aromatic carbocycles. The van der Waals surface area contributed by atoms with Crippen molar-refractivity contribution in [1.29, 1.82) is 0 Å². The minimum absolute atomic E-state index is 0.167. The number of thioether (sulfide) groups is 1. The van der Waals surface area contributed by atoms with Crippen LogP contribution < -0.4 is 10.1 Å². The summed E-state index contributed by atoms with van der Waals surface area (Å²) in [4.78, 5) is 13.8. The maximum atomic E-state index is 12.6. The summed E-state index contributed by atoms with van der Waals surface area (Å²) in [6.07, 6.45) is 0. The van der Waals surface area contributed by atoms with Gasteiger partial charge in [0, 0.05) is 38.4 Å². The van der Waals surface area contributed by atoms with Gasteiger partial charge in [-0.1, -0.05) is 47.5 Å². The predicted octanol–water partition coefficient (Wildman–Crippen LogP) is 6.22. The Balaban J connectivity index is 1.69. The monoisotopic (exact) mass is 431 g/mol. The lowest BCUT2D eigenvalue weighted by molar-refractivity contribution is 0.0951. The third-order valence-electron chi connectivity index (χ3n) is 4.13. The second kappa shape index (κ2) is 9.87. The Morgan fingerprint density at radius 1 is 1.00 bits per heavy atom. The summed E-state index contributed by atoms with van der Waals surface area (Å²) in [6.45, 7) is 0.328. The Hall–Kier alpha value is -2.14. The lowest BCUT2D eigenvalue weighted by Gasteiger charge is -2.12. The summed E-state index contributed by atoms with van der Waals surface area (Å²) < 4.78 is 5.45. The largest absolute Gasteiger partial charge is 0.496 e. The Morgan fingerprint density at radius 3 is 2.50 bits per heavy atom. The standard InChI is InChI=1S/C22H19Cl2NO2S/c1-27-21-10-8-15(11-17(21)14-28-19-5-3-2-4-6-19)22(26)25-13-16-7-9-18(23)12-20(16)24/h2-12H,13-14H2,1H3,(H,25,26). The van der Waals surface area contributed by atoms with Crippen LogP contribution in [0, 0.1) is 0 Å². The molecular weight excluding hydrogens is 413 g/mol. The van der Waals surface area contributed by atoms with Crippen molar-refractivity contribution in [3.63, 3.8) is 0 Å². The first-order chi connectivity index (χ1) is 13.6. The number of hydrogen-bond acceptors (Lipinski definition) is 3. The van der Waals surface area contributed by atoms with Crippen molar-refractivity contribution in [3.8, 4) is 5.75 Å². The molecule has 1 amide bonds. The van der Waals surface area contributed by atoms with Crippen molar-refractivity contribution in [3.05, 3.63) is 93.5 Å². The molecule has 0 spiro atoms. The number of rotatable bonds is 7.